The van der Waals surface area contributed by atoms with E-state index in [1.807, 2.05) is 6.07 Å². The molecule has 0 radical (unpaired) electrons. The number of carbonyl (C=O) groups is 2. The third-order valence-corrected chi connectivity index (χ3v) is 3.10. The predicted molar refractivity (Wildman–Crippen MR) is 78.0 cm³/mol. The van der Waals surface area contributed by atoms with Crippen molar-refractivity contribution in [2.24, 2.45) is 0 Å². The van der Waals surface area contributed by atoms with Gasteiger partial charge >= 0.3 is 5.97 Å². The van der Waals surface area contributed by atoms with E-state index in [4.69, 9.17) is 14.2 Å². The highest BCUT2D eigenvalue weighted by molar-refractivity contribution is 6.41. The Morgan fingerprint density at radius 1 is 1.00 bits per heavy atom. The molecule has 0 spiro atoms. The van der Waals surface area contributed by atoms with E-state index in [0.717, 1.165) is 5.39 Å². The molecule has 2 aromatic carbocycles. The lowest BCUT2D eigenvalue weighted by molar-refractivity contribution is -0.137. The number of carbonyl (C=O) groups excluding carboxylic acids is 2. The maximum Gasteiger partial charge on any atom is 0.379 e. The Morgan fingerprint density at radius 3 is 2.38 bits per heavy atom. The largest absolute Gasteiger partial charge is 0.496 e. The van der Waals surface area contributed by atoms with Crippen molar-refractivity contribution in [2.75, 3.05) is 20.8 Å². The van der Waals surface area contributed by atoms with Crippen molar-refractivity contribution in [2.45, 2.75) is 6.92 Å². The van der Waals surface area contributed by atoms with Crippen LogP contribution in [0.4, 0.5) is 0 Å². The highest BCUT2D eigenvalue weighted by atomic mass is 16.5. The number of esters is 1. The second-order valence-electron chi connectivity index (χ2n) is 4.25. The first-order valence-corrected chi connectivity index (χ1v) is 6.49. The number of Topliss-reactive ketones (excluding diaryl/α,β-unsaturated/α-hetero) is 1. The number of hydrogen-bond acceptors (Lipinski definition) is 5. The average molecular weight is 288 g/mol. The number of benzene rings is 2. The number of ether oxygens (including phenoxy) is 3. The standard InChI is InChI=1S/C16H16O5/c1-4-21-16(18)14(17)12-9-8-10-11(15(12)20-3)6-5-7-13(10)19-2/h5-9H,4H2,1-3H3. The molecule has 0 amide bonds. The maximum atomic E-state index is 12.1. The van der Waals surface area contributed by atoms with Crippen LogP contribution in [0, 0.1) is 0 Å². The molecule has 0 bridgehead atoms. The molecule has 0 N–H and O–H groups in total. The lowest BCUT2D eigenvalue weighted by Crippen LogP contribution is -2.18. The summed E-state index contributed by atoms with van der Waals surface area (Å²) in [6.45, 7) is 1.79. The zero-order valence-electron chi connectivity index (χ0n) is 12.1. The summed E-state index contributed by atoms with van der Waals surface area (Å²) in [7, 11) is 3.02. The van der Waals surface area contributed by atoms with Gasteiger partial charge in [-0.3, -0.25) is 4.79 Å². The van der Waals surface area contributed by atoms with Crippen LogP contribution in [0.25, 0.3) is 10.8 Å². The van der Waals surface area contributed by atoms with Gasteiger partial charge in [0.15, 0.2) is 0 Å². The Balaban J connectivity index is 2.61. The predicted octanol–water partition coefficient (Wildman–Crippen LogP) is 2.60. The van der Waals surface area contributed by atoms with Gasteiger partial charge in [-0.2, -0.15) is 0 Å². The SMILES string of the molecule is CCOC(=O)C(=O)c1ccc2c(OC)cccc2c1OC. The molecule has 21 heavy (non-hydrogen) atoms. The summed E-state index contributed by atoms with van der Waals surface area (Å²) >= 11 is 0. The maximum absolute atomic E-state index is 12.1. The van der Waals surface area contributed by atoms with Gasteiger partial charge in [-0.1, -0.05) is 12.1 Å². The lowest BCUT2D eigenvalue weighted by atomic mass is 10.0. The van der Waals surface area contributed by atoms with Crippen LogP contribution in [-0.4, -0.2) is 32.6 Å². The van der Waals surface area contributed by atoms with Crippen LogP contribution < -0.4 is 9.47 Å². The minimum absolute atomic E-state index is 0.147. The van der Waals surface area contributed by atoms with Crippen LogP contribution in [0.1, 0.15) is 17.3 Å². The van der Waals surface area contributed by atoms with Crippen molar-refractivity contribution in [3.63, 3.8) is 0 Å². The van der Waals surface area contributed by atoms with Gasteiger partial charge in [-0.25, -0.2) is 4.79 Å². The summed E-state index contributed by atoms with van der Waals surface area (Å²) in [5.74, 6) is -0.609. The number of methoxy groups -OCH3 is 2. The molecule has 5 nitrogen and oxygen atoms in total. The van der Waals surface area contributed by atoms with Crippen molar-refractivity contribution in [1.29, 1.82) is 0 Å². The van der Waals surface area contributed by atoms with E-state index >= 15 is 0 Å². The summed E-state index contributed by atoms with van der Waals surface area (Å²) < 4.78 is 15.4. The molecule has 0 unspecified atom stereocenters. The smallest absolute Gasteiger partial charge is 0.379 e. The van der Waals surface area contributed by atoms with Crippen LogP contribution in [0.5, 0.6) is 11.5 Å². The Labute approximate surface area is 122 Å². The highest BCUT2D eigenvalue weighted by Gasteiger charge is 2.23. The first-order chi connectivity index (χ1) is 10.1. The molecule has 2 rings (SSSR count). The number of hydrogen-bond donors (Lipinski definition) is 0. The fraction of sp³-hybridized carbons (Fsp3) is 0.250. The van der Waals surface area contributed by atoms with Gasteiger partial charge in [0.25, 0.3) is 5.78 Å². The van der Waals surface area contributed by atoms with Gasteiger partial charge in [0.05, 0.1) is 26.4 Å². The van der Waals surface area contributed by atoms with E-state index in [0.29, 0.717) is 16.9 Å². The van der Waals surface area contributed by atoms with Crippen molar-refractivity contribution >= 4 is 22.5 Å². The summed E-state index contributed by atoms with van der Waals surface area (Å²) in [5, 5.41) is 1.50. The van der Waals surface area contributed by atoms with Gasteiger partial charge in [0.2, 0.25) is 0 Å². The quantitative estimate of drug-likeness (QED) is 0.481. The summed E-state index contributed by atoms with van der Waals surface area (Å²) in [6.07, 6.45) is 0. The third-order valence-electron chi connectivity index (χ3n) is 3.10. The molecule has 2 aromatic rings. The number of ketones is 1. The zero-order valence-corrected chi connectivity index (χ0v) is 12.1. The zero-order chi connectivity index (χ0) is 15.4. The molecule has 0 aromatic heterocycles. The average Bonchev–Trinajstić information content (AvgIpc) is 2.52. The van der Waals surface area contributed by atoms with Gasteiger partial charge < -0.3 is 14.2 Å². The van der Waals surface area contributed by atoms with Gasteiger partial charge in [-0.05, 0) is 25.1 Å². The van der Waals surface area contributed by atoms with Gasteiger partial charge in [0.1, 0.15) is 11.5 Å². The van der Waals surface area contributed by atoms with Crippen LogP contribution in [-0.2, 0) is 9.53 Å². The molecule has 5 heteroatoms. The number of rotatable bonds is 5. The molecule has 0 heterocycles. The summed E-state index contributed by atoms with van der Waals surface area (Å²) in [6, 6.07) is 8.68. The minimum Gasteiger partial charge on any atom is -0.496 e. The second-order valence-corrected chi connectivity index (χ2v) is 4.25. The third kappa shape index (κ3) is 2.67. The highest BCUT2D eigenvalue weighted by Crippen LogP contribution is 2.35. The topological polar surface area (TPSA) is 61.8 Å². The molecule has 110 valence electrons. The van der Waals surface area contributed by atoms with Crippen molar-refractivity contribution in [3.8, 4) is 11.5 Å². The number of fused-ring (bicyclic) bond motifs is 1. The second kappa shape index (κ2) is 6.26. The Bertz CT molecular complexity index is 690. The van der Waals surface area contributed by atoms with Crippen LogP contribution in [0.3, 0.4) is 0 Å². The summed E-state index contributed by atoms with van der Waals surface area (Å²) in [5.41, 5.74) is 0.178. The Kier molecular flexibility index (Phi) is 4.42. The molecule has 0 aliphatic heterocycles. The monoisotopic (exact) mass is 288 g/mol. The van der Waals surface area contributed by atoms with Crippen LogP contribution >= 0.6 is 0 Å². The van der Waals surface area contributed by atoms with E-state index in [9.17, 15) is 9.59 Å². The minimum atomic E-state index is -0.891. The molecule has 0 saturated carbocycles. The molecular formula is C16H16O5. The van der Waals surface area contributed by atoms with E-state index < -0.39 is 11.8 Å². The summed E-state index contributed by atoms with van der Waals surface area (Å²) in [4.78, 5) is 23.7. The molecule has 0 saturated heterocycles. The fourth-order valence-electron chi connectivity index (χ4n) is 2.18. The normalized spacial score (nSPS) is 10.2. The fourth-order valence-corrected chi connectivity index (χ4v) is 2.18. The molecule has 0 fully saturated rings. The van der Waals surface area contributed by atoms with Crippen molar-refractivity contribution in [1.82, 2.24) is 0 Å². The van der Waals surface area contributed by atoms with Crippen molar-refractivity contribution in [3.05, 3.63) is 35.9 Å². The van der Waals surface area contributed by atoms with E-state index in [1.165, 1.54) is 7.11 Å². The van der Waals surface area contributed by atoms with E-state index in [1.54, 1.807) is 38.3 Å². The molecule has 0 aliphatic rings. The first kappa shape index (κ1) is 14.8. The lowest BCUT2D eigenvalue weighted by Gasteiger charge is -2.12. The van der Waals surface area contributed by atoms with Crippen LogP contribution in [0.2, 0.25) is 0 Å². The van der Waals surface area contributed by atoms with E-state index in [2.05, 4.69) is 0 Å². The molecular weight excluding hydrogens is 272 g/mol. The van der Waals surface area contributed by atoms with Gasteiger partial charge in [-0.15, -0.1) is 0 Å². The Morgan fingerprint density at radius 2 is 1.76 bits per heavy atom. The Hall–Kier alpha value is -2.56. The van der Waals surface area contributed by atoms with Crippen molar-refractivity contribution < 1.29 is 23.8 Å². The van der Waals surface area contributed by atoms with Crippen LogP contribution in [0.15, 0.2) is 30.3 Å². The van der Waals surface area contributed by atoms with E-state index in [-0.39, 0.29) is 12.2 Å². The molecule has 0 atom stereocenters. The molecule has 0 aliphatic carbocycles. The van der Waals surface area contributed by atoms with Gasteiger partial charge in [0, 0.05) is 10.8 Å². The first-order valence-electron chi connectivity index (χ1n) is 6.49.